The number of hydrogen-bond donors (Lipinski definition) is 0. The van der Waals surface area contributed by atoms with Crippen molar-refractivity contribution in [3.63, 3.8) is 0 Å². The Morgan fingerprint density at radius 2 is 1.31 bits per heavy atom. The Kier molecular flexibility index (Phi) is 6.59. The SMILES string of the molecule is CCOC(=O)Cc1ccc(N2C(=O)c3c(c(OC(F)F)c4ccccc4c3OC(F)F)C2=O)cc1. The minimum absolute atomic E-state index is 0.0267. The molecule has 1 aliphatic rings. The summed E-state index contributed by atoms with van der Waals surface area (Å²) in [7, 11) is 0. The van der Waals surface area contributed by atoms with Gasteiger partial charge in [0.05, 0.1) is 29.8 Å². The average Bonchev–Trinajstić information content (AvgIpc) is 3.06. The molecule has 0 saturated heterocycles. The van der Waals surface area contributed by atoms with Gasteiger partial charge in [-0.1, -0.05) is 36.4 Å². The van der Waals surface area contributed by atoms with Crippen LogP contribution in [0.2, 0.25) is 0 Å². The van der Waals surface area contributed by atoms with Crippen LogP contribution in [0.5, 0.6) is 11.5 Å². The molecule has 0 unspecified atom stereocenters. The molecule has 3 aromatic rings. The quantitative estimate of drug-likeness (QED) is 0.252. The molecule has 35 heavy (non-hydrogen) atoms. The van der Waals surface area contributed by atoms with Gasteiger partial charge in [-0.3, -0.25) is 14.4 Å². The van der Waals surface area contributed by atoms with Gasteiger partial charge < -0.3 is 14.2 Å². The van der Waals surface area contributed by atoms with Gasteiger partial charge in [0.15, 0.2) is 0 Å². The van der Waals surface area contributed by atoms with Gasteiger partial charge in [0, 0.05) is 10.8 Å². The molecule has 0 aromatic heterocycles. The van der Waals surface area contributed by atoms with Crippen molar-refractivity contribution < 1.29 is 46.2 Å². The Hall–Kier alpha value is -4.15. The second-order valence-corrected chi connectivity index (χ2v) is 7.30. The summed E-state index contributed by atoms with van der Waals surface area (Å²) in [6.45, 7) is -4.86. The predicted molar refractivity (Wildman–Crippen MR) is 115 cm³/mol. The van der Waals surface area contributed by atoms with Crippen molar-refractivity contribution in [2.24, 2.45) is 0 Å². The molecule has 0 atom stereocenters. The summed E-state index contributed by atoms with van der Waals surface area (Å²) in [5, 5.41) is -0.204. The third-order valence-electron chi connectivity index (χ3n) is 5.22. The van der Waals surface area contributed by atoms with Gasteiger partial charge in [-0.25, -0.2) is 4.90 Å². The maximum atomic E-state index is 13.3. The summed E-state index contributed by atoms with van der Waals surface area (Å²) in [6, 6.07) is 11.1. The van der Waals surface area contributed by atoms with Gasteiger partial charge in [0.2, 0.25) is 0 Å². The van der Waals surface area contributed by atoms with Crippen molar-refractivity contribution in [2.75, 3.05) is 11.5 Å². The molecule has 0 N–H and O–H groups in total. The standard InChI is InChI=1S/C24H17F4NO6/c1-2-33-16(30)11-12-7-9-13(10-8-12)29-21(31)17-18(22(29)32)20(35-24(27)28)15-6-4-3-5-14(15)19(17)34-23(25)26/h3-10,23-24H,2,11H2,1H3. The van der Waals surface area contributed by atoms with Crippen LogP contribution in [0.25, 0.3) is 10.8 Å². The smallest absolute Gasteiger partial charge is 0.387 e. The Bertz CT molecular complexity index is 1240. The molecule has 4 rings (SSSR count). The first-order valence-electron chi connectivity index (χ1n) is 10.3. The normalized spacial score (nSPS) is 13.1. The van der Waals surface area contributed by atoms with Gasteiger partial charge >= 0.3 is 19.2 Å². The van der Waals surface area contributed by atoms with Crippen LogP contribution in [0.4, 0.5) is 23.2 Å². The Balaban J connectivity index is 1.84. The van der Waals surface area contributed by atoms with E-state index in [0.717, 1.165) is 0 Å². The fraction of sp³-hybridized carbons (Fsp3) is 0.208. The lowest BCUT2D eigenvalue weighted by Gasteiger charge is -2.16. The molecule has 2 amide bonds. The summed E-state index contributed by atoms with van der Waals surface area (Å²) >= 11 is 0. The van der Waals surface area contributed by atoms with Crippen molar-refractivity contribution in [3.8, 4) is 11.5 Å². The van der Waals surface area contributed by atoms with Gasteiger partial charge in [-0.05, 0) is 24.6 Å². The Morgan fingerprint density at radius 1 is 0.829 bits per heavy atom. The average molecular weight is 491 g/mol. The molecule has 0 fully saturated rings. The highest BCUT2D eigenvalue weighted by atomic mass is 19.3. The number of carbonyl (C=O) groups is 3. The second-order valence-electron chi connectivity index (χ2n) is 7.30. The van der Waals surface area contributed by atoms with Crippen LogP contribution in [0, 0.1) is 0 Å². The van der Waals surface area contributed by atoms with E-state index in [2.05, 4.69) is 9.47 Å². The monoisotopic (exact) mass is 491 g/mol. The molecule has 1 heterocycles. The Morgan fingerprint density at radius 3 is 1.74 bits per heavy atom. The number of alkyl halides is 4. The molecule has 7 nitrogen and oxygen atoms in total. The molecule has 1 aliphatic heterocycles. The van der Waals surface area contributed by atoms with Crippen molar-refractivity contribution in [1.29, 1.82) is 0 Å². The first kappa shape index (κ1) is 24.0. The molecule has 0 spiro atoms. The summed E-state index contributed by atoms with van der Waals surface area (Å²) in [5.41, 5.74) is -0.669. The zero-order valence-corrected chi connectivity index (χ0v) is 18.1. The third-order valence-corrected chi connectivity index (χ3v) is 5.22. The summed E-state index contributed by atoms with van der Waals surface area (Å²) in [6.07, 6.45) is -0.0552. The number of carbonyl (C=O) groups excluding carboxylic acids is 3. The lowest BCUT2D eigenvalue weighted by atomic mass is 9.99. The number of amides is 2. The number of fused-ring (bicyclic) bond motifs is 2. The van der Waals surface area contributed by atoms with Crippen LogP contribution in [-0.2, 0) is 16.0 Å². The van der Waals surface area contributed by atoms with Crippen LogP contribution < -0.4 is 14.4 Å². The zero-order valence-electron chi connectivity index (χ0n) is 18.1. The number of ether oxygens (including phenoxy) is 3. The number of esters is 1. The molecular formula is C24H17F4NO6. The fourth-order valence-corrected chi connectivity index (χ4v) is 3.90. The second kappa shape index (κ2) is 9.61. The number of anilines is 1. The predicted octanol–water partition coefficient (Wildman–Crippen LogP) is 4.95. The van der Waals surface area contributed by atoms with E-state index < -0.39 is 53.6 Å². The number of hydrogen-bond acceptors (Lipinski definition) is 6. The van der Waals surface area contributed by atoms with Crippen LogP contribution in [0.3, 0.4) is 0 Å². The lowest BCUT2D eigenvalue weighted by molar-refractivity contribution is -0.142. The zero-order chi connectivity index (χ0) is 25.3. The summed E-state index contributed by atoms with van der Waals surface area (Å²) in [5.74, 6) is -3.82. The first-order chi connectivity index (χ1) is 16.7. The van der Waals surface area contributed by atoms with Crippen LogP contribution >= 0.6 is 0 Å². The first-order valence-corrected chi connectivity index (χ1v) is 10.3. The summed E-state index contributed by atoms with van der Waals surface area (Å²) < 4.78 is 67.1. The van der Waals surface area contributed by atoms with Gasteiger partial charge in [0.25, 0.3) is 11.8 Å². The van der Waals surface area contributed by atoms with E-state index in [0.29, 0.717) is 10.5 Å². The topological polar surface area (TPSA) is 82.1 Å². The van der Waals surface area contributed by atoms with Crippen LogP contribution in [0.1, 0.15) is 33.2 Å². The van der Waals surface area contributed by atoms with E-state index in [9.17, 15) is 31.9 Å². The maximum absolute atomic E-state index is 13.3. The maximum Gasteiger partial charge on any atom is 0.387 e. The lowest BCUT2D eigenvalue weighted by Crippen LogP contribution is -2.29. The molecule has 0 aliphatic carbocycles. The molecule has 3 aromatic carbocycles. The van der Waals surface area contributed by atoms with Gasteiger partial charge in [0.1, 0.15) is 11.5 Å². The van der Waals surface area contributed by atoms with Crippen molar-refractivity contribution in [3.05, 3.63) is 65.2 Å². The number of rotatable bonds is 8. The van der Waals surface area contributed by atoms with Gasteiger partial charge in [-0.2, -0.15) is 17.6 Å². The molecule has 0 radical (unpaired) electrons. The highest BCUT2D eigenvalue weighted by Gasteiger charge is 2.44. The third kappa shape index (κ3) is 4.48. The minimum atomic E-state index is -3.36. The number of imide groups is 1. The van der Waals surface area contributed by atoms with Crippen molar-refractivity contribution in [2.45, 2.75) is 26.6 Å². The Labute approximate surface area is 195 Å². The van der Waals surface area contributed by atoms with Crippen molar-refractivity contribution >= 4 is 34.2 Å². The highest BCUT2D eigenvalue weighted by Crippen LogP contribution is 2.46. The highest BCUT2D eigenvalue weighted by molar-refractivity contribution is 6.38. The molecule has 182 valence electrons. The number of benzene rings is 3. The molecule has 0 bridgehead atoms. The minimum Gasteiger partial charge on any atom is -0.466 e. The largest absolute Gasteiger partial charge is 0.466 e. The van der Waals surface area contributed by atoms with E-state index in [1.54, 1.807) is 6.92 Å². The van der Waals surface area contributed by atoms with E-state index >= 15 is 0 Å². The number of nitrogens with zero attached hydrogens (tertiary/aromatic N) is 1. The van der Waals surface area contributed by atoms with Crippen molar-refractivity contribution in [1.82, 2.24) is 0 Å². The fourth-order valence-electron chi connectivity index (χ4n) is 3.90. The van der Waals surface area contributed by atoms with Crippen LogP contribution in [0.15, 0.2) is 48.5 Å². The van der Waals surface area contributed by atoms with E-state index in [4.69, 9.17) is 4.74 Å². The van der Waals surface area contributed by atoms with Crippen LogP contribution in [-0.4, -0.2) is 37.6 Å². The van der Waals surface area contributed by atoms with Gasteiger partial charge in [-0.15, -0.1) is 0 Å². The van der Waals surface area contributed by atoms with E-state index in [-0.39, 0.29) is 29.5 Å². The van der Waals surface area contributed by atoms with E-state index in [1.165, 1.54) is 48.5 Å². The number of halogens is 4. The molecule has 11 heteroatoms. The molecular weight excluding hydrogens is 474 g/mol. The summed E-state index contributed by atoms with van der Waals surface area (Å²) in [4.78, 5) is 38.9. The molecule has 0 saturated carbocycles. The van der Waals surface area contributed by atoms with E-state index in [1.807, 2.05) is 0 Å².